The zero-order valence-electron chi connectivity index (χ0n) is 11.8. The maximum atomic E-state index is 11.1. The number of methoxy groups -OCH3 is 1. The zero-order valence-corrected chi connectivity index (χ0v) is 11.8. The van der Waals surface area contributed by atoms with Gasteiger partial charge < -0.3 is 14.8 Å². The van der Waals surface area contributed by atoms with Crippen LogP contribution in [0, 0.1) is 0 Å². The van der Waals surface area contributed by atoms with Crippen molar-refractivity contribution < 1.29 is 19.1 Å². The lowest BCUT2D eigenvalue weighted by atomic mass is 9.87. The Balaban J connectivity index is 2.08. The number of hydrogen-bond acceptors (Lipinski definition) is 4. The van der Waals surface area contributed by atoms with E-state index < -0.39 is 5.97 Å². The number of benzene rings is 1. The molecule has 0 saturated carbocycles. The predicted molar refractivity (Wildman–Crippen MR) is 73.6 cm³/mol. The van der Waals surface area contributed by atoms with E-state index in [1.165, 1.54) is 14.0 Å². The van der Waals surface area contributed by atoms with E-state index in [1.807, 2.05) is 18.2 Å². The quantitative estimate of drug-likeness (QED) is 0.841. The van der Waals surface area contributed by atoms with Gasteiger partial charge >= 0.3 is 5.97 Å². The third-order valence-corrected chi connectivity index (χ3v) is 3.42. The minimum atomic E-state index is -0.394. The summed E-state index contributed by atoms with van der Waals surface area (Å²) in [5.74, 6) is 0.334. The van der Waals surface area contributed by atoms with E-state index in [4.69, 9.17) is 4.74 Å². The smallest absolute Gasteiger partial charge is 0.343 e. The van der Waals surface area contributed by atoms with Gasteiger partial charge in [-0.3, -0.25) is 4.79 Å². The first-order chi connectivity index (χ1) is 9.60. The van der Waals surface area contributed by atoms with Crippen molar-refractivity contribution in [2.45, 2.75) is 32.2 Å². The number of hydrogen-bond donors (Lipinski definition) is 1. The summed E-state index contributed by atoms with van der Waals surface area (Å²) in [7, 11) is 1.34. The van der Waals surface area contributed by atoms with Crippen LogP contribution in [0.1, 0.15) is 24.5 Å². The van der Waals surface area contributed by atoms with Crippen LogP contribution in [0.4, 0.5) is 0 Å². The molecule has 0 radical (unpaired) electrons. The molecule has 1 amide bonds. The Morgan fingerprint density at radius 2 is 2.20 bits per heavy atom. The Labute approximate surface area is 118 Å². The molecule has 0 bridgehead atoms. The van der Waals surface area contributed by atoms with Gasteiger partial charge in [0, 0.05) is 13.0 Å². The summed E-state index contributed by atoms with van der Waals surface area (Å²) in [6.07, 6.45) is 2.51. The van der Waals surface area contributed by atoms with Gasteiger partial charge in [0.25, 0.3) is 0 Å². The molecule has 2 rings (SSSR count). The molecule has 108 valence electrons. The van der Waals surface area contributed by atoms with Gasteiger partial charge in [-0.05, 0) is 36.5 Å². The summed E-state index contributed by atoms with van der Waals surface area (Å²) in [6, 6.07) is 5.98. The van der Waals surface area contributed by atoms with E-state index in [1.54, 1.807) is 0 Å². The number of amides is 1. The summed E-state index contributed by atoms with van der Waals surface area (Å²) in [4.78, 5) is 22.2. The molecule has 1 aliphatic carbocycles. The van der Waals surface area contributed by atoms with Crippen LogP contribution in [0.25, 0.3) is 0 Å². The predicted octanol–water partition coefficient (Wildman–Crippen LogP) is 1.23. The molecule has 0 saturated heterocycles. The molecule has 1 N–H and O–H groups in total. The summed E-state index contributed by atoms with van der Waals surface area (Å²) in [6.45, 7) is 1.45. The minimum Gasteiger partial charge on any atom is -0.482 e. The van der Waals surface area contributed by atoms with Crippen molar-refractivity contribution in [1.29, 1.82) is 0 Å². The minimum absolute atomic E-state index is 0.00320. The Morgan fingerprint density at radius 1 is 1.40 bits per heavy atom. The van der Waals surface area contributed by atoms with E-state index in [9.17, 15) is 9.59 Å². The SMILES string of the molecule is COC(=O)COc1cccc2c1CCC(NC(C)=O)C2. The van der Waals surface area contributed by atoms with Crippen LogP contribution in [0.15, 0.2) is 18.2 Å². The number of esters is 1. The topological polar surface area (TPSA) is 64.6 Å². The van der Waals surface area contributed by atoms with Crippen LogP contribution >= 0.6 is 0 Å². The molecule has 5 nitrogen and oxygen atoms in total. The molecule has 0 aromatic heterocycles. The first-order valence-electron chi connectivity index (χ1n) is 6.67. The number of rotatable bonds is 4. The van der Waals surface area contributed by atoms with Gasteiger partial charge in [-0.1, -0.05) is 12.1 Å². The van der Waals surface area contributed by atoms with Crippen molar-refractivity contribution in [2.24, 2.45) is 0 Å². The molecule has 20 heavy (non-hydrogen) atoms. The molecule has 0 spiro atoms. The summed E-state index contributed by atoms with van der Waals surface area (Å²) >= 11 is 0. The monoisotopic (exact) mass is 277 g/mol. The van der Waals surface area contributed by atoms with Gasteiger partial charge in [-0.25, -0.2) is 4.79 Å². The number of ether oxygens (including phenoxy) is 2. The highest BCUT2D eigenvalue weighted by Gasteiger charge is 2.22. The second kappa shape index (κ2) is 6.41. The van der Waals surface area contributed by atoms with Crippen LogP contribution in [0.2, 0.25) is 0 Å². The molecular formula is C15H19NO4. The lowest BCUT2D eigenvalue weighted by Gasteiger charge is -2.26. The fourth-order valence-electron chi connectivity index (χ4n) is 2.51. The van der Waals surface area contributed by atoms with Gasteiger partial charge in [0.15, 0.2) is 6.61 Å². The average Bonchev–Trinajstić information content (AvgIpc) is 2.43. The van der Waals surface area contributed by atoms with E-state index in [2.05, 4.69) is 10.1 Å². The summed E-state index contributed by atoms with van der Waals surface area (Å²) in [5.41, 5.74) is 2.29. The fraction of sp³-hybridized carbons (Fsp3) is 0.467. The van der Waals surface area contributed by atoms with Crippen molar-refractivity contribution in [3.05, 3.63) is 29.3 Å². The van der Waals surface area contributed by atoms with Crippen molar-refractivity contribution in [1.82, 2.24) is 5.32 Å². The largest absolute Gasteiger partial charge is 0.482 e. The maximum absolute atomic E-state index is 11.1. The summed E-state index contributed by atoms with van der Waals surface area (Å²) < 4.78 is 10.1. The standard InChI is InChI=1S/C15H19NO4/c1-10(17)16-12-6-7-13-11(8-12)4-3-5-14(13)20-9-15(18)19-2/h3-5,12H,6-9H2,1-2H3,(H,16,17). The van der Waals surface area contributed by atoms with Crippen LogP contribution in [0.5, 0.6) is 5.75 Å². The first kappa shape index (κ1) is 14.4. The van der Waals surface area contributed by atoms with Crippen molar-refractivity contribution >= 4 is 11.9 Å². The molecule has 1 aliphatic rings. The highest BCUT2D eigenvalue weighted by molar-refractivity contribution is 5.73. The van der Waals surface area contributed by atoms with Crippen LogP contribution < -0.4 is 10.1 Å². The second-order valence-corrected chi connectivity index (χ2v) is 4.90. The van der Waals surface area contributed by atoms with Crippen LogP contribution in [-0.2, 0) is 27.2 Å². The number of carbonyl (C=O) groups is 2. The molecule has 0 heterocycles. The van der Waals surface area contributed by atoms with Gasteiger partial charge in [0.2, 0.25) is 5.91 Å². The van der Waals surface area contributed by atoms with Crippen molar-refractivity contribution in [3.8, 4) is 5.75 Å². The third kappa shape index (κ3) is 3.50. The highest BCUT2D eigenvalue weighted by atomic mass is 16.6. The average molecular weight is 277 g/mol. The molecule has 1 unspecified atom stereocenters. The Morgan fingerprint density at radius 3 is 2.90 bits per heavy atom. The highest BCUT2D eigenvalue weighted by Crippen LogP contribution is 2.29. The molecule has 0 aliphatic heterocycles. The number of fused-ring (bicyclic) bond motifs is 1. The first-order valence-corrected chi connectivity index (χ1v) is 6.67. The molecule has 1 aromatic carbocycles. The van der Waals surface area contributed by atoms with Gasteiger partial charge in [-0.15, -0.1) is 0 Å². The van der Waals surface area contributed by atoms with Gasteiger partial charge in [-0.2, -0.15) is 0 Å². The Bertz CT molecular complexity index is 513. The van der Waals surface area contributed by atoms with Gasteiger partial charge in [0.05, 0.1) is 7.11 Å². The van der Waals surface area contributed by atoms with Gasteiger partial charge in [0.1, 0.15) is 5.75 Å². The van der Waals surface area contributed by atoms with Crippen molar-refractivity contribution in [2.75, 3.05) is 13.7 Å². The van der Waals surface area contributed by atoms with E-state index in [-0.39, 0.29) is 18.6 Å². The van der Waals surface area contributed by atoms with E-state index >= 15 is 0 Å². The van der Waals surface area contributed by atoms with Crippen LogP contribution in [-0.4, -0.2) is 31.6 Å². The Kier molecular flexibility index (Phi) is 4.61. The Hall–Kier alpha value is -2.04. The number of carbonyl (C=O) groups excluding carboxylic acids is 2. The van der Waals surface area contributed by atoms with Crippen LogP contribution in [0.3, 0.4) is 0 Å². The second-order valence-electron chi connectivity index (χ2n) is 4.90. The lowest BCUT2D eigenvalue weighted by Crippen LogP contribution is -2.37. The normalized spacial score (nSPS) is 17.0. The molecule has 1 atom stereocenters. The lowest BCUT2D eigenvalue weighted by molar-refractivity contribution is -0.142. The van der Waals surface area contributed by atoms with E-state index in [0.29, 0.717) is 0 Å². The molecule has 1 aromatic rings. The molecular weight excluding hydrogens is 258 g/mol. The fourth-order valence-corrected chi connectivity index (χ4v) is 2.51. The zero-order chi connectivity index (χ0) is 14.5. The summed E-state index contributed by atoms with van der Waals surface area (Å²) in [5, 5.41) is 2.95. The van der Waals surface area contributed by atoms with E-state index in [0.717, 1.165) is 36.1 Å². The molecule has 0 fully saturated rings. The van der Waals surface area contributed by atoms with Crippen molar-refractivity contribution in [3.63, 3.8) is 0 Å². The number of nitrogens with one attached hydrogen (secondary N) is 1. The molecule has 5 heteroatoms. The maximum Gasteiger partial charge on any atom is 0.343 e. The third-order valence-electron chi connectivity index (χ3n) is 3.42.